The molecular formula is C25H28N6O2. The standard InChI is InChI=1S/C25H28N6O2/c1-17-6-5-7-20(12-17)30-11-10-29(15-18(30)2)24-21(14-26-25-27-16-28-31(24)25)19-8-9-22(32-3)23(13-19)33-4/h5-9,12-14,16,18H,10-11,15H2,1-4H3. The fourth-order valence-corrected chi connectivity index (χ4v) is 4.62. The second-order valence-corrected chi connectivity index (χ2v) is 8.36. The Morgan fingerprint density at radius 1 is 0.970 bits per heavy atom. The molecule has 33 heavy (non-hydrogen) atoms. The third-order valence-corrected chi connectivity index (χ3v) is 6.24. The van der Waals surface area contributed by atoms with Crippen molar-refractivity contribution < 1.29 is 9.47 Å². The number of fused-ring (bicyclic) bond motifs is 1. The van der Waals surface area contributed by atoms with Crippen molar-refractivity contribution in [3.63, 3.8) is 0 Å². The highest BCUT2D eigenvalue weighted by atomic mass is 16.5. The summed E-state index contributed by atoms with van der Waals surface area (Å²) >= 11 is 0. The molecule has 1 fully saturated rings. The summed E-state index contributed by atoms with van der Waals surface area (Å²) in [6.07, 6.45) is 3.43. The molecular weight excluding hydrogens is 416 g/mol. The smallest absolute Gasteiger partial charge is 0.254 e. The number of ether oxygens (including phenoxy) is 2. The van der Waals surface area contributed by atoms with E-state index in [9.17, 15) is 0 Å². The van der Waals surface area contributed by atoms with Crippen LogP contribution in [0.5, 0.6) is 11.5 Å². The normalized spacial score (nSPS) is 16.3. The maximum atomic E-state index is 5.55. The molecule has 0 amide bonds. The molecule has 1 atom stereocenters. The fraction of sp³-hybridized carbons (Fsp3) is 0.320. The number of anilines is 2. The number of rotatable bonds is 5. The molecule has 8 heteroatoms. The van der Waals surface area contributed by atoms with Crippen LogP contribution in [-0.4, -0.2) is 59.5 Å². The van der Waals surface area contributed by atoms with Crippen molar-refractivity contribution in [2.75, 3.05) is 43.7 Å². The molecule has 170 valence electrons. The van der Waals surface area contributed by atoms with Gasteiger partial charge < -0.3 is 19.3 Å². The lowest BCUT2D eigenvalue weighted by molar-refractivity contribution is 0.355. The van der Waals surface area contributed by atoms with E-state index in [1.165, 1.54) is 11.3 Å². The maximum Gasteiger partial charge on any atom is 0.254 e. The van der Waals surface area contributed by atoms with Crippen molar-refractivity contribution in [2.45, 2.75) is 19.9 Å². The SMILES string of the molecule is COc1ccc(-c2cnc3ncnn3c2N2CCN(c3cccc(C)c3)C(C)C2)cc1OC. The molecule has 0 saturated carbocycles. The third-order valence-electron chi connectivity index (χ3n) is 6.24. The minimum Gasteiger partial charge on any atom is -0.493 e. The molecule has 2 aromatic carbocycles. The van der Waals surface area contributed by atoms with Gasteiger partial charge in [0.1, 0.15) is 12.1 Å². The van der Waals surface area contributed by atoms with Crippen LogP contribution in [-0.2, 0) is 0 Å². The maximum absolute atomic E-state index is 5.55. The highest BCUT2D eigenvalue weighted by Crippen LogP contribution is 2.37. The first kappa shape index (κ1) is 21.1. The molecule has 1 aliphatic rings. The molecule has 0 bridgehead atoms. The Labute approximate surface area is 193 Å². The van der Waals surface area contributed by atoms with Gasteiger partial charge in [0, 0.05) is 43.1 Å². The van der Waals surface area contributed by atoms with E-state index >= 15 is 0 Å². The Bertz CT molecular complexity index is 1290. The number of piperazine rings is 1. The van der Waals surface area contributed by atoms with Crippen molar-refractivity contribution in [1.29, 1.82) is 0 Å². The van der Waals surface area contributed by atoms with Gasteiger partial charge in [-0.2, -0.15) is 14.6 Å². The molecule has 1 unspecified atom stereocenters. The van der Waals surface area contributed by atoms with Crippen molar-refractivity contribution in [1.82, 2.24) is 19.6 Å². The number of aromatic nitrogens is 4. The first-order valence-corrected chi connectivity index (χ1v) is 11.1. The fourth-order valence-electron chi connectivity index (χ4n) is 4.62. The van der Waals surface area contributed by atoms with Gasteiger partial charge in [-0.1, -0.05) is 18.2 Å². The van der Waals surface area contributed by atoms with E-state index in [2.05, 4.69) is 63.0 Å². The quantitative estimate of drug-likeness (QED) is 0.463. The second-order valence-electron chi connectivity index (χ2n) is 8.36. The van der Waals surface area contributed by atoms with Gasteiger partial charge in [-0.15, -0.1) is 0 Å². The topological polar surface area (TPSA) is 68.0 Å². The van der Waals surface area contributed by atoms with Crippen LogP contribution in [0.1, 0.15) is 12.5 Å². The summed E-state index contributed by atoms with van der Waals surface area (Å²) in [7, 11) is 3.29. The molecule has 1 saturated heterocycles. The Hall–Kier alpha value is -3.81. The van der Waals surface area contributed by atoms with E-state index in [1.807, 2.05) is 28.9 Å². The van der Waals surface area contributed by atoms with E-state index in [0.29, 0.717) is 23.3 Å². The number of hydrogen-bond donors (Lipinski definition) is 0. The van der Waals surface area contributed by atoms with E-state index in [-0.39, 0.29) is 0 Å². The Kier molecular flexibility index (Phi) is 5.50. The summed E-state index contributed by atoms with van der Waals surface area (Å²) < 4.78 is 12.8. The zero-order chi connectivity index (χ0) is 22.9. The molecule has 0 N–H and O–H groups in total. The average Bonchev–Trinajstić information content (AvgIpc) is 3.32. The minimum atomic E-state index is 0.325. The lowest BCUT2D eigenvalue weighted by Crippen LogP contribution is -2.52. The number of benzene rings is 2. The summed E-state index contributed by atoms with van der Waals surface area (Å²) in [4.78, 5) is 13.7. The monoisotopic (exact) mass is 444 g/mol. The molecule has 0 aliphatic carbocycles. The molecule has 1 aliphatic heterocycles. The van der Waals surface area contributed by atoms with Crippen LogP contribution in [0.2, 0.25) is 0 Å². The van der Waals surface area contributed by atoms with Gasteiger partial charge in [-0.05, 0) is 49.2 Å². The molecule has 4 aromatic rings. The lowest BCUT2D eigenvalue weighted by atomic mass is 10.1. The third kappa shape index (κ3) is 3.82. The van der Waals surface area contributed by atoms with Crippen LogP contribution in [0.25, 0.3) is 16.9 Å². The largest absolute Gasteiger partial charge is 0.493 e. The molecule has 8 nitrogen and oxygen atoms in total. The first-order valence-electron chi connectivity index (χ1n) is 11.1. The summed E-state index contributed by atoms with van der Waals surface area (Å²) in [5.41, 5.74) is 4.51. The summed E-state index contributed by atoms with van der Waals surface area (Å²) in [5.74, 6) is 2.94. The van der Waals surface area contributed by atoms with Gasteiger partial charge in [0.15, 0.2) is 11.5 Å². The number of nitrogens with zero attached hydrogens (tertiary/aromatic N) is 6. The molecule has 0 spiro atoms. The Morgan fingerprint density at radius 2 is 1.82 bits per heavy atom. The van der Waals surface area contributed by atoms with Crippen LogP contribution < -0.4 is 19.3 Å². The van der Waals surface area contributed by atoms with Gasteiger partial charge >= 0.3 is 0 Å². The van der Waals surface area contributed by atoms with Crippen molar-refractivity contribution >= 4 is 17.3 Å². The van der Waals surface area contributed by atoms with Gasteiger partial charge in [0.25, 0.3) is 5.78 Å². The van der Waals surface area contributed by atoms with Gasteiger partial charge in [-0.25, -0.2) is 4.98 Å². The van der Waals surface area contributed by atoms with Crippen LogP contribution in [0.15, 0.2) is 55.0 Å². The van der Waals surface area contributed by atoms with Gasteiger partial charge in [0.2, 0.25) is 0 Å². The lowest BCUT2D eigenvalue weighted by Gasteiger charge is -2.42. The van der Waals surface area contributed by atoms with E-state index in [1.54, 1.807) is 20.5 Å². The molecule has 3 heterocycles. The highest BCUT2D eigenvalue weighted by molar-refractivity contribution is 5.78. The summed E-state index contributed by atoms with van der Waals surface area (Å²) in [6, 6.07) is 15.0. The van der Waals surface area contributed by atoms with Gasteiger partial charge in [0.05, 0.1) is 14.2 Å². The average molecular weight is 445 g/mol. The second kappa shape index (κ2) is 8.61. The van der Waals surface area contributed by atoms with Crippen molar-refractivity contribution in [2.24, 2.45) is 0 Å². The zero-order valence-corrected chi connectivity index (χ0v) is 19.4. The summed E-state index contributed by atoms with van der Waals surface area (Å²) in [6.45, 7) is 7.03. The van der Waals surface area contributed by atoms with Crippen LogP contribution in [0.4, 0.5) is 11.5 Å². The number of methoxy groups -OCH3 is 2. The van der Waals surface area contributed by atoms with E-state index in [4.69, 9.17) is 9.47 Å². The van der Waals surface area contributed by atoms with Crippen LogP contribution in [0.3, 0.4) is 0 Å². The number of hydrogen-bond acceptors (Lipinski definition) is 7. The summed E-state index contributed by atoms with van der Waals surface area (Å²) in [5, 5.41) is 4.50. The minimum absolute atomic E-state index is 0.325. The van der Waals surface area contributed by atoms with Gasteiger partial charge in [-0.3, -0.25) is 0 Å². The van der Waals surface area contributed by atoms with E-state index in [0.717, 1.165) is 36.6 Å². The first-order chi connectivity index (χ1) is 16.1. The zero-order valence-electron chi connectivity index (χ0n) is 19.4. The predicted molar refractivity (Wildman–Crippen MR) is 130 cm³/mol. The highest BCUT2D eigenvalue weighted by Gasteiger charge is 2.28. The van der Waals surface area contributed by atoms with Crippen molar-refractivity contribution in [3.8, 4) is 22.6 Å². The van der Waals surface area contributed by atoms with Crippen LogP contribution >= 0.6 is 0 Å². The Morgan fingerprint density at radius 3 is 2.58 bits per heavy atom. The Balaban J connectivity index is 1.54. The van der Waals surface area contributed by atoms with Crippen molar-refractivity contribution in [3.05, 3.63) is 60.6 Å². The van der Waals surface area contributed by atoms with Crippen LogP contribution in [0, 0.1) is 6.92 Å². The number of aryl methyl sites for hydroxylation is 1. The predicted octanol–water partition coefficient (Wildman–Crippen LogP) is 3.83. The molecule has 2 aromatic heterocycles. The molecule has 0 radical (unpaired) electrons. The molecule has 5 rings (SSSR count). The van der Waals surface area contributed by atoms with E-state index < -0.39 is 0 Å².